The Hall–Kier alpha value is -1.91. The van der Waals surface area contributed by atoms with E-state index in [0.717, 1.165) is 10.6 Å². The maximum absolute atomic E-state index is 5.51. The van der Waals surface area contributed by atoms with Crippen LogP contribution in [-0.4, -0.2) is 4.98 Å². The zero-order valence-electron chi connectivity index (χ0n) is 11.2. The molecule has 20 heavy (non-hydrogen) atoms. The first kappa shape index (κ1) is 13.1. The van der Waals surface area contributed by atoms with Gasteiger partial charge in [-0.25, -0.2) is 4.98 Å². The molecule has 0 saturated carbocycles. The molecule has 0 aliphatic heterocycles. The third-order valence-electron chi connectivity index (χ3n) is 3.17. The van der Waals surface area contributed by atoms with Crippen LogP contribution in [0.1, 0.15) is 24.2 Å². The molecule has 1 N–H and O–H groups in total. The number of rotatable bonds is 5. The Balaban J connectivity index is 1.62. The molecule has 3 nitrogen and oxygen atoms in total. The van der Waals surface area contributed by atoms with Gasteiger partial charge in [0.05, 0.1) is 10.6 Å². The van der Waals surface area contributed by atoms with Crippen molar-refractivity contribution in [1.29, 1.82) is 0 Å². The van der Waals surface area contributed by atoms with Crippen molar-refractivity contribution in [2.24, 2.45) is 0 Å². The molecular weight excluding hydrogens is 268 g/mol. The molecule has 4 heteroatoms. The Morgan fingerprint density at radius 2 is 2.05 bits per heavy atom. The lowest BCUT2D eigenvalue weighted by Gasteiger charge is -2.12. The molecule has 3 aromatic rings. The summed E-state index contributed by atoms with van der Waals surface area (Å²) in [6.45, 7) is 2.85. The third-order valence-corrected chi connectivity index (χ3v) is 4.03. The molecule has 1 atom stereocenters. The highest BCUT2D eigenvalue weighted by atomic mass is 32.1. The van der Waals surface area contributed by atoms with Crippen molar-refractivity contribution < 1.29 is 4.42 Å². The lowest BCUT2D eigenvalue weighted by Crippen LogP contribution is -2.18. The molecular formula is C16H16N2OS. The zero-order valence-corrected chi connectivity index (χ0v) is 12.1. The van der Waals surface area contributed by atoms with Gasteiger partial charge in [-0.2, -0.15) is 0 Å². The minimum absolute atomic E-state index is 0.290. The molecule has 102 valence electrons. The summed E-state index contributed by atoms with van der Waals surface area (Å²) in [5.41, 5.74) is 2.20. The number of nitrogens with one attached hydrogen (secondary N) is 1. The Morgan fingerprint density at radius 1 is 1.20 bits per heavy atom. The van der Waals surface area contributed by atoms with Gasteiger partial charge in [0.15, 0.2) is 0 Å². The topological polar surface area (TPSA) is 38.1 Å². The molecule has 2 aromatic heterocycles. The van der Waals surface area contributed by atoms with Crippen LogP contribution >= 0.6 is 11.3 Å². The fraction of sp³-hybridized carbons (Fsp3) is 0.188. The summed E-state index contributed by atoms with van der Waals surface area (Å²) < 4.78 is 5.51. The van der Waals surface area contributed by atoms with E-state index in [1.54, 1.807) is 17.6 Å². The normalized spacial score (nSPS) is 12.4. The van der Waals surface area contributed by atoms with Crippen molar-refractivity contribution in [3.63, 3.8) is 0 Å². The van der Waals surface area contributed by atoms with Crippen molar-refractivity contribution in [3.05, 3.63) is 65.4 Å². The Bertz CT molecular complexity index is 646. The van der Waals surface area contributed by atoms with Crippen LogP contribution in [0, 0.1) is 0 Å². The highest BCUT2D eigenvalue weighted by Gasteiger charge is 2.09. The summed E-state index contributed by atoms with van der Waals surface area (Å²) >= 11 is 1.63. The molecule has 0 radical (unpaired) electrons. The second-order valence-corrected chi connectivity index (χ2v) is 5.58. The van der Waals surface area contributed by atoms with Crippen LogP contribution in [0.15, 0.2) is 58.5 Å². The summed E-state index contributed by atoms with van der Waals surface area (Å²) in [7, 11) is 0. The zero-order chi connectivity index (χ0) is 13.8. The van der Waals surface area contributed by atoms with E-state index in [-0.39, 0.29) is 6.04 Å². The highest BCUT2D eigenvalue weighted by Crippen LogP contribution is 2.23. The average Bonchev–Trinajstić information content (AvgIpc) is 3.16. The van der Waals surface area contributed by atoms with Crippen molar-refractivity contribution in [1.82, 2.24) is 10.3 Å². The molecule has 0 saturated heterocycles. The number of hydrogen-bond acceptors (Lipinski definition) is 4. The maximum Gasteiger partial charge on any atom is 0.236 e. The van der Waals surface area contributed by atoms with Gasteiger partial charge < -0.3 is 9.73 Å². The molecule has 0 bridgehead atoms. The summed E-state index contributed by atoms with van der Waals surface area (Å²) in [4.78, 5) is 5.56. The SMILES string of the molecule is CC(NCc1coc(-c2cccs2)n1)c1ccccc1. The van der Waals surface area contributed by atoms with Crippen LogP contribution in [0.5, 0.6) is 0 Å². The smallest absolute Gasteiger partial charge is 0.236 e. The van der Waals surface area contributed by atoms with E-state index >= 15 is 0 Å². The molecule has 0 aliphatic carbocycles. The van der Waals surface area contributed by atoms with Crippen LogP contribution in [0.4, 0.5) is 0 Å². The quantitative estimate of drug-likeness (QED) is 0.761. The maximum atomic E-state index is 5.51. The van der Waals surface area contributed by atoms with Crippen molar-refractivity contribution in [3.8, 4) is 10.8 Å². The van der Waals surface area contributed by atoms with Gasteiger partial charge in [-0.3, -0.25) is 0 Å². The first-order valence-electron chi connectivity index (χ1n) is 6.59. The number of benzene rings is 1. The van der Waals surface area contributed by atoms with Gasteiger partial charge in [-0.1, -0.05) is 36.4 Å². The van der Waals surface area contributed by atoms with Gasteiger partial charge in [-0.05, 0) is 23.9 Å². The molecule has 3 rings (SSSR count). The monoisotopic (exact) mass is 284 g/mol. The number of oxazole rings is 1. The van der Waals surface area contributed by atoms with E-state index in [1.165, 1.54) is 5.56 Å². The molecule has 2 heterocycles. The van der Waals surface area contributed by atoms with Crippen LogP contribution in [0.25, 0.3) is 10.8 Å². The second-order valence-electron chi connectivity index (χ2n) is 4.63. The predicted molar refractivity (Wildman–Crippen MR) is 81.5 cm³/mol. The lowest BCUT2D eigenvalue weighted by atomic mass is 10.1. The van der Waals surface area contributed by atoms with Gasteiger partial charge in [-0.15, -0.1) is 11.3 Å². The summed E-state index contributed by atoms with van der Waals surface area (Å²) in [6.07, 6.45) is 1.72. The molecule has 0 aliphatic rings. The molecule has 0 spiro atoms. The van der Waals surface area contributed by atoms with Crippen molar-refractivity contribution >= 4 is 11.3 Å². The molecule has 0 amide bonds. The van der Waals surface area contributed by atoms with E-state index in [0.29, 0.717) is 12.4 Å². The average molecular weight is 284 g/mol. The minimum atomic E-state index is 0.290. The Kier molecular flexibility index (Phi) is 3.95. The fourth-order valence-electron chi connectivity index (χ4n) is 2.02. The number of aromatic nitrogens is 1. The Morgan fingerprint density at radius 3 is 2.80 bits per heavy atom. The van der Waals surface area contributed by atoms with Gasteiger partial charge in [0.2, 0.25) is 5.89 Å². The van der Waals surface area contributed by atoms with E-state index in [2.05, 4.69) is 41.5 Å². The lowest BCUT2D eigenvalue weighted by molar-refractivity contribution is 0.554. The van der Waals surface area contributed by atoms with E-state index in [4.69, 9.17) is 4.42 Å². The molecule has 1 unspecified atom stereocenters. The van der Waals surface area contributed by atoms with E-state index in [9.17, 15) is 0 Å². The number of nitrogens with zero attached hydrogens (tertiary/aromatic N) is 1. The molecule has 0 fully saturated rings. The largest absolute Gasteiger partial charge is 0.444 e. The minimum Gasteiger partial charge on any atom is -0.444 e. The van der Waals surface area contributed by atoms with Crippen molar-refractivity contribution in [2.75, 3.05) is 0 Å². The first-order valence-corrected chi connectivity index (χ1v) is 7.47. The van der Waals surface area contributed by atoms with Crippen LogP contribution < -0.4 is 5.32 Å². The van der Waals surface area contributed by atoms with Crippen LogP contribution in [0.3, 0.4) is 0 Å². The Labute approximate surface area is 122 Å². The summed E-state index contributed by atoms with van der Waals surface area (Å²) in [6, 6.07) is 14.7. The predicted octanol–water partition coefficient (Wildman–Crippen LogP) is 4.25. The van der Waals surface area contributed by atoms with Crippen LogP contribution in [0.2, 0.25) is 0 Å². The van der Waals surface area contributed by atoms with Gasteiger partial charge in [0.25, 0.3) is 0 Å². The standard InChI is InChI=1S/C16H16N2OS/c1-12(13-6-3-2-4-7-13)17-10-14-11-19-16(18-14)15-8-5-9-20-15/h2-9,11-12,17H,10H2,1H3. The second kappa shape index (κ2) is 6.03. The fourth-order valence-corrected chi connectivity index (χ4v) is 2.67. The highest BCUT2D eigenvalue weighted by molar-refractivity contribution is 7.13. The number of thiophene rings is 1. The van der Waals surface area contributed by atoms with Crippen LogP contribution in [-0.2, 0) is 6.54 Å². The number of hydrogen-bond donors (Lipinski definition) is 1. The van der Waals surface area contributed by atoms with E-state index in [1.807, 2.05) is 23.6 Å². The molecule has 1 aromatic carbocycles. The summed E-state index contributed by atoms with van der Waals surface area (Å²) in [5, 5.41) is 5.48. The van der Waals surface area contributed by atoms with Gasteiger partial charge in [0, 0.05) is 12.6 Å². The summed E-state index contributed by atoms with van der Waals surface area (Å²) in [5.74, 6) is 0.698. The van der Waals surface area contributed by atoms with Gasteiger partial charge in [0.1, 0.15) is 6.26 Å². The first-order chi connectivity index (χ1) is 9.83. The van der Waals surface area contributed by atoms with E-state index < -0.39 is 0 Å². The third kappa shape index (κ3) is 2.98. The van der Waals surface area contributed by atoms with Gasteiger partial charge >= 0.3 is 0 Å². The van der Waals surface area contributed by atoms with Crippen molar-refractivity contribution in [2.45, 2.75) is 19.5 Å².